The third-order valence-electron chi connectivity index (χ3n) is 5.09. The Labute approximate surface area is 191 Å². The van der Waals surface area contributed by atoms with Gasteiger partial charge >= 0.3 is 0 Å². The second-order valence-electron chi connectivity index (χ2n) is 7.33. The van der Waals surface area contributed by atoms with Crippen LogP contribution in [-0.4, -0.2) is 21.8 Å². The third-order valence-corrected chi connectivity index (χ3v) is 5.68. The number of carbonyl (C=O) groups is 1. The number of oxazole rings is 1. The van der Waals surface area contributed by atoms with Crippen LogP contribution in [0.15, 0.2) is 53.1 Å². The van der Waals surface area contributed by atoms with Crippen molar-refractivity contribution < 1.29 is 13.6 Å². The molecule has 1 aromatic heterocycles. The Morgan fingerprint density at radius 1 is 1.19 bits per heavy atom. The van der Waals surface area contributed by atoms with Crippen LogP contribution in [0.1, 0.15) is 47.8 Å². The van der Waals surface area contributed by atoms with Gasteiger partial charge in [0.25, 0.3) is 5.91 Å². The van der Waals surface area contributed by atoms with Crippen LogP contribution in [0.2, 0.25) is 10.0 Å². The molecule has 0 saturated heterocycles. The largest absolute Gasteiger partial charge is 0.447 e. The molecule has 3 rings (SSSR count). The number of nitrogens with one attached hydrogen (secondary N) is 1. The minimum atomic E-state index is -0.352. The van der Waals surface area contributed by atoms with Crippen LogP contribution >= 0.6 is 23.2 Å². The highest BCUT2D eigenvalue weighted by atomic mass is 35.5. The average molecular weight is 464 g/mol. The number of benzene rings is 2. The summed E-state index contributed by atoms with van der Waals surface area (Å²) in [4.78, 5) is 18.9. The van der Waals surface area contributed by atoms with Gasteiger partial charge in [0, 0.05) is 29.2 Å². The van der Waals surface area contributed by atoms with Gasteiger partial charge in [-0.2, -0.15) is 0 Å². The quantitative estimate of drug-likeness (QED) is 0.432. The fourth-order valence-electron chi connectivity index (χ4n) is 3.03. The van der Waals surface area contributed by atoms with Crippen LogP contribution < -0.4 is 5.32 Å². The number of amides is 1. The molecule has 1 N–H and O–H groups in total. The maximum absolute atomic E-state index is 13.0. The zero-order chi connectivity index (χ0) is 22.4. The van der Waals surface area contributed by atoms with E-state index in [2.05, 4.69) is 29.0 Å². The van der Waals surface area contributed by atoms with Gasteiger partial charge in [-0.3, -0.25) is 9.69 Å². The summed E-state index contributed by atoms with van der Waals surface area (Å²) in [5.74, 6) is -0.227. The number of hydrogen-bond acceptors (Lipinski definition) is 4. The molecule has 31 heavy (non-hydrogen) atoms. The zero-order valence-corrected chi connectivity index (χ0v) is 18.9. The molecule has 164 valence electrons. The highest BCUT2D eigenvalue weighted by molar-refractivity contribution is 6.35. The summed E-state index contributed by atoms with van der Waals surface area (Å²) in [6.07, 6.45) is 2.27. The minimum absolute atomic E-state index is 0.200. The normalized spacial score (nSPS) is 12.2. The third kappa shape index (κ3) is 6.53. The second kappa shape index (κ2) is 10.8. The van der Waals surface area contributed by atoms with Gasteiger partial charge in [-0.25, -0.2) is 9.37 Å². The topological polar surface area (TPSA) is 58.4 Å². The lowest BCUT2D eigenvalue weighted by molar-refractivity contribution is 0.0945. The van der Waals surface area contributed by atoms with Gasteiger partial charge in [-0.15, -0.1) is 0 Å². The number of halogens is 3. The molecule has 0 aliphatic rings. The van der Waals surface area contributed by atoms with Gasteiger partial charge in [0.1, 0.15) is 12.1 Å². The number of nitrogens with zero attached hydrogens (tertiary/aromatic N) is 2. The summed E-state index contributed by atoms with van der Waals surface area (Å²) in [5, 5.41) is 3.96. The Morgan fingerprint density at radius 3 is 2.61 bits per heavy atom. The van der Waals surface area contributed by atoms with Crippen molar-refractivity contribution in [2.24, 2.45) is 0 Å². The molecule has 0 fully saturated rings. The molecule has 1 unspecified atom stereocenters. The Kier molecular flexibility index (Phi) is 8.07. The van der Waals surface area contributed by atoms with E-state index in [4.69, 9.17) is 27.6 Å². The van der Waals surface area contributed by atoms with Gasteiger partial charge < -0.3 is 9.73 Å². The first-order chi connectivity index (χ1) is 14.9. The first-order valence-electron chi connectivity index (χ1n) is 10.0. The molecule has 0 aliphatic heterocycles. The molecule has 0 saturated carbocycles. The predicted octanol–water partition coefficient (Wildman–Crippen LogP) is 5.85. The van der Waals surface area contributed by atoms with E-state index in [1.54, 1.807) is 18.2 Å². The first kappa shape index (κ1) is 23.3. The lowest BCUT2D eigenvalue weighted by atomic mass is 10.1. The van der Waals surface area contributed by atoms with Gasteiger partial charge in [0.15, 0.2) is 5.69 Å². The smallest absolute Gasteiger partial charge is 0.273 e. The molecule has 1 amide bonds. The summed E-state index contributed by atoms with van der Waals surface area (Å²) in [7, 11) is 0. The van der Waals surface area contributed by atoms with Crippen LogP contribution in [0, 0.1) is 5.82 Å². The Hall–Kier alpha value is -2.41. The second-order valence-corrected chi connectivity index (χ2v) is 8.18. The molecule has 0 radical (unpaired) electrons. The summed E-state index contributed by atoms with van der Waals surface area (Å²) in [6.45, 7) is 5.52. The van der Waals surface area contributed by atoms with Crippen molar-refractivity contribution in [1.29, 1.82) is 0 Å². The molecule has 8 heteroatoms. The zero-order valence-electron chi connectivity index (χ0n) is 17.4. The number of carbonyl (C=O) groups excluding carboxylic acids is 1. The Morgan fingerprint density at radius 2 is 1.94 bits per heavy atom. The molecule has 3 aromatic rings. The Balaban J connectivity index is 1.64. The fraction of sp³-hybridized carbons (Fsp3) is 0.304. The predicted molar refractivity (Wildman–Crippen MR) is 120 cm³/mol. The van der Waals surface area contributed by atoms with E-state index in [0.29, 0.717) is 29.0 Å². The molecular weight excluding hydrogens is 440 g/mol. The van der Waals surface area contributed by atoms with E-state index in [0.717, 1.165) is 17.5 Å². The standard InChI is InChI=1S/C23H24Cl2FN3O2/c1-3-15(2)29(12-17-6-7-18(24)10-20(17)25)13-22-28-21(14-31-22)23(30)27-11-16-4-8-19(26)9-5-16/h4-10,14-15H,3,11-13H2,1-2H3,(H,27,30). The molecule has 0 aliphatic carbocycles. The summed E-state index contributed by atoms with van der Waals surface area (Å²) < 4.78 is 18.5. The molecular formula is C23H24Cl2FN3O2. The van der Waals surface area contributed by atoms with E-state index in [1.165, 1.54) is 18.4 Å². The molecule has 0 spiro atoms. The maximum Gasteiger partial charge on any atom is 0.273 e. The van der Waals surface area contributed by atoms with Crippen LogP contribution in [-0.2, 0) is 19.6 Å². The van der Waals surface area contributed by atoms with Crippen molar-refractivity contribution in [3.8, 4) is 0 Å². The van der Waals surface area contributed by atoms with Gasteiger partial charge in [-0.1, -0.05) is 48.3 Å². The molecule has 1 atom stereocenters. The van der Waals surface area contributed by atoms with Gasteiger partial charge in [-0.05, 0) is 48.7 Å². The minimum Gasteiger partial charge on any atom is -0.447 e. The van der Waals surface area contributed by atoms with Gasteiger partial charge in [0.2, 0.25) is 5.89 Å². The summed E-state index contributed by atoms with van der Waals surface area (Å²) in [6, 6.07) is 11.6. The molecule has 1 heterocycles. The Bertz CT molecular complexity index is 1020. The molecule has 5 nitrogen and oxygen atoms in total. The average Bonchev–Trinajstić information content (AvgIpc) is 3.22. The van der Waals surface area contributed by atoms with Crippen molar-refractivity contribution in [2.45, 2.75) is 45.9 Å². The molecule has 0 bridgehead atoms. The van der Waals surface area contributed by atoms with Crippen molar-refractivity contribution >= 4 is 29.1 Å². The van der Waals surface area contributed by atoms with Crippen molar-refractivity contribution in [2.75, 3.05) is 0 Å². The fourth-order valence-corrected chi connectivity index (χ4v) is 3.50. The van der Waals surface area contributed by atoms with Crippen molar-refractivity contribution in [3.63, 3.8) is 0 Å². The summed E-state index contributed by atoms with van der Waals surface area (Å²) in [5.41, 5.74) is 1.95. The lowest BCUT2D eigenvalue weighted by Gasteiger charge is -2.27. The highest BCUT2D eigenvalue weighted by Crippen LogP contribution is 2.24. The van der Waals surface area contributed by atoms with Crippen molar-refractivity contribution in [1.82, 2.24) is 15.2 Å². The van der Waals surface area contributed by atoms with E-state index in [9.17, 15) is 9.18 Å². The van der Waals surface area contributed by atoms with E-state index in [1.807, 2.05) is 12.1 Å². The maximum atomic E-state index is 13.0. The monoisotopic (exact) mass is 463 g/mol. The first-order valence-corrected chi connectivity index (χ1v) is 10.8. The summed E-state index contributed by atoms with van der Waals surface area (Å²) >= 11 is 12.3. The highest BCUT2D eigenvalue weighted by Gasteiger charge is 2.19. The number of aromatic nitrogens is 1. The van der Waals surface area contributed by atoms with Gasteiger partial charge in [0.05, 0.1) is 6.54 Å². The van der Waals surface area contributed by atoms with Crippen LogP contribution in [0.3, 0.4) is 0 Å². The number of hydrogen-bond donors (Lipinski definition) is 1. The van der Waals surface area contributed by atoms with E-state index >= 15 is 0 Å². The molecule has 2 aromatic carbocycles. The SMILES string of the molecule is CCC(C)N(Cc1nc(C(=O)NCc2ccc(F)cc2)co1)Cc1ccc(Cl)cc1Cl. The van der Waals surface area contributed by atoms with E-state index < -0.39 is 0 Å². The van der Waals surface area contributed by atoms with Crippen LogP contribution in [0.5, 0.6) is 0 Å². The number of rotatable bonds is 9. The van der Waals surface area contributed by atoms with Crippen molar-refractivity contribution in [3.05, 3.63) is 87.3 Å². The lowest BCUT2D eigenvalue weighted by Crippen LogP contribution is -2.32. The van der Waals surface area contributed by atoms with Crippen LogP contribution in [0.4, 0.5) is 4.39 Å². The van der Waals surface area contributed by atoms with Crippen LogP contribution in [0.25, 0.3) is 0 Å². The van der Waals surface area contributed by atoms with E-state index in [-0.39, 0.29) is 30.0 Å².